The number of ether oxygens (including phenoxy) is 4. The van der Waals surface area contributed by atoms with Crippen molar-refractivity contribution < 1.29 is 32.5 Å². The average molecular weight is 558 g/mol. The first-order valence-corrected chi connectivity index (χ1v) is 13.0. The number of aliphatic hydroxyl groups excluding tert-OH is 1. The Morgan fingerprint density at radius 3 is 2.13 bits per heavy atom. The second-order valence-electron chi connectivity index (χ2n) is 8.04. The number of para-hydroxylation sites is 1. The van der Waals surface area contributed by atoms with Crippen molar-refractivity contribution in [1.82, 2.24) is 29.7 Å². The number of aliphatic hydroxyl groups is 1. The van der Waals surface area contributed by atoms with Crippen LogP contribution in [0.4, 0.5) is 5.95 Å². The molecule has 4 rings (SSSR count). The lowest BCUT2D eigenvalue weighted by Crippen LogP contribution is -2.32. The zero-order chi connectivity index (χ0) is 28.2. The minimum absolute atomic E-state index is 0.0443. The molecule has 0 amide bonds. The van der Waals surface area contributed by atoms with Crippen LogP contribution >= 0.6 is 0 Å². The van der Waals surface area contributed by atoms with Gasteiger partial charge in [-0.3, -0.25) is 14.3 Å². The summed E-state index contributed by atoms with van der Waals surface area (Å²) in [5.74, 6) is 1.20. The van der Waals surface area contributed by atoms with E-state index in [2.05, 4.69) is 29.9 Å². The monoisotopic (exact) mass is 557 g/mol. The van der Waals surface area contributed by atoms with Gasteiger partial charge in [-0.25, -0.2) is 18.4 Å². The number of nitrogens with one attached hydrogen (secondary N) is 1. The molecule has 0 saturated carbocycles. The number of hydrogen-bond acceptors (Lipinski definition) is 12. The van der Waals surface area contributed by atoms with Gasteiger partial charge < -0.3 is 24.1 Å². The van der Waals surface area contributed by atoms with Gasteiger partial charge in [0.2, 0.25) is 27.7 Å². The third kappa shape index (κ3) is 5.53. The van der Waals surface area contributed by atoms with E-state index in [0.717, 1.165) is 0 Å². The van der Waals surface area contributed by atoms with Crippen LogP contribution in [0, 0.1) is 0 Å². The minimum Gasteiger partial charge on any atom is -0.494 e. The molecule has 0 bridgehead atoms. The van der Waals surface area contributed by atoms with E-state index in [9.17, 15) is 13.5 Å². The van der Waals surface area contributed by atoms with Gasteiger partial charge in [-0.05, 0) is 25.1 Å². The minimum atomic E-state index is -4.28. The first-order chi connectivity index (χ1) is 18.7. The number of sulfonamides is 1. The standard InChI is InChI=1S/C24H27N7O7S/c1-14(22(32)16-12-26-20(38-5)13-25-16)39(33,34)30-24-29-28-23(15-8-6-11-19(27-15)37-4)31(24)21-17(35-2)9-7-10-18(21)36-3/h6-14,22,32H,1-5H3,(H,29,30)/t14-,22-/m1/s1. The molecule has 0 spiro atoms. The Morgan fingerprint density at radius 1 is 0.872 bits per heavy atom. The topological polar surface area (TPSA) is 173 Å². The lowest BCUT2D eigenvalue weighted by atomic mass is 10.2. The van der Waals surface area contributed by atoms with Gasteiger partial charge in [0.05, 0.1) is 46.5 Å². The van der Waals surface area contributed by atoms with Crippen LogP contribution in [0.1, 0.15) is 18.7 Å². The molecular weight excluding hydrogens is 530 g/mol. The first-order valence-electron chi connectivity index (χ1n) is 11.5. The summed E-state index contributed by atoms with van der Waals surface area (Å²) < 4.78 is 52.1. The van der Waals surface area contributed by atoms with Gasteiger partial charge in [0, 0.05) is 6.07 Å². The predicted molar refractivity (Wildman–Crippen MR) is 140 cm³/mol. The number of aromatic nitrogens is 6. The highest BCUT2D eigenvalue weighted by molar-refractivity contribution is 7.93. The highest BCUT2D eigenvalue weighted by atomic mass is 32.2. The third-order valence-corrected chi connectivity index (χ3v) is 7.48. The van der Waals surface area contributed by atoms with Crippen LogP contribution in [0.3, 0.4) is 0 Å². The lowest BCUT2D eigenvalue weighted by Gasteiger charge is -2.21. The van der Waals surface area contributed by atoms with Gasteiger partial charge in [-0.2, -0.15) is 0 Å². The quantitative estimate of drug-likeness (QED) is 0.275. The zero-order valence-corrected chi connectivity index (χ0v) is 22.6. The summed E-state index contributed by atoms with van der Waals surface area (Å²) >= 11 is 0. The summed E-state index contributed by atoms with van der Waals surface area (Å²) in [5, 5.41) is 17.7. The van der Waals surface area contributed by atoms with E-state index in [-0.39, 0.29) is 23.3 Å². The van der Waals surface area contributed by atoms with Gasteiger partial charge in [0.25, 0.3) is 0 Å². The van der Waals surface area contributed by atoms with Crippen molar-refractivity contribution in [2.24, 2.45) is 0 Å². The second-order valence-corrected chi connectivity index (χ2v) is 10.1. The Kier molecular flexibility index (Phi) is 8.11. The molecule has 14 nitrogen and oxygen atoms in total. The van der Waals surface area contributed by atoms with Crippen LogP contribution in [-0.2, 0) is 10.0 Å². The van der Waals surface area contributed by atoms with Crippen LogP contribution in [0.2, 0.25) is 0 Å². The van der Waals surface area contributed by atoms with E-state index < -0.39 is 21.4 Å². The predicted octanol–water partition coefficient (Wildman–Crippen LogP) is 2.02. The number of nitrogens with zero attached hydrogens (tertiary/aromatic N) is 6. The molecule has 206 valence electrons. The van der Waals surface area contributed by atoms with Crippen LogP contribution in [0.25, 0.3) is 17.2 Å². The zero-order valence-electron chi connectivity index (χ0n) is 21.8. The largest absolute Gasteiger partial charge is 0.494 e. The maximum atomic E-state index is 13.5. The Labute approximate surface area is 224 Å². The molecular formula is C24H27N7O7S. The van der Waals surface area contributed by atoms with E-state index in [4.69, 9.17) is 18.9 Å². The van der Waals surface area contributed by atoms with Gasteiger partial charge in [0.1, 0.15) is 34.2 Å². The molecule has 1 aromatic carbocycles. The summed E-state index contributed by atoms with van der Waals surface area (Å²) in [7, 11) is 1.54. The Hall–Kier alpha value is -4.50. The molecule has 2 N–H and O–H groups in total. The molecule has 0 saturated heterocycles. The molecule has 3 heterocycles. The molecule has 15 heteroatoms. The van der Waals surface area contributed by atoms with Crippen molar-refractivity contribution in [1.29, 1.82) is 0 Å². The maximum Gasteiger partial charge on any atom is 0.243 e. The fourth-order valence-electron chi connectivity index (χ4n) is 3.65. The van der Waals surface area contributed by atoms with E-state index in [0.29, 0.717) is 28.8 Å². The number of hydrogen-bond donors (Lipinski definition) is 2. The number of methoxy groups -OCH3 is 4. The third-order valence-electron chi connectivity index (χ3n) is 5.78. The average Bonchev–Trinajstić information content (AvgIpc) is 3.37. The summed E-state index contributed by atoms with van der Waals surface area (Å²) in [5.41, 5.74) is 0.698. The highest BCUT2D eigenvalue weighted by Gasteiger charge is 2.33. The lowest BCUT2D eigenvalue weighted by molar-refractivity contribution is 0.170. The van der Waals surface area contributed by atoms with Crippen molar-refractivity contribution in [2.75, 3.05) is 33.2 Å². The van der Waals surface area contributed by atoms with Gasteiger partial charge in [-0.15, -0.1) is 10.2 Å². The van der Waals surface area contributed by atoms with E-state index in [1.165, 1.54) is 52.3 Å². The van der Waals surface area contributed by atoms with Crippen LogP contribution in [0.5, 0.6) is 23.3 Å². The van der Waals surface area contributed by atoms with Crippen LogP contribution in [0.15, 0.2) is 48.8 Å². The van der Waals surface area contributed by atoms with Gasteiger partial charge in [-0.1, -0.05) is 12.1 Å². The first kappa shape index (κ1) is 27.5. The number of benzene rings is 1. The highest BCUT2D eigenvalue weighted by Crippen LogP contribution is 2.38. The van der Waals surface area contributed by atoms with Crippen molar-refractivity contribution >= 4 is 16.0 Å². The summed E-state index contributed by atoms with van der Waals surface area (Å²) in [6.07, 6.45) is 1.01. The number of rotatable bonds is 11. The Bertz CT molecular complexity index is 1520. The maximum absolute atomic E-state index is 13.5. The number of anilines is 1. The molecule has 0 aliphatic heterocycles. The van der Waals surface area contributed by atoms with Crippen molar-refractivity contribution in [3.63, 3.8) is 0 Å². The molecule has 0 aliphatic carbocycles. The smallest absolute Gasteiger partial charge is 0.243 e. The molecule has 0 fully saturated rings. The normalized spacial score (nSPS) is 12.9. The Morgan fingerprint density at radius 2 is 1.54 bits per heavy atom. The second kappa shape index (κ2) is 11.5. The van der Waals surface area contributed by atoms with Crippen LogP contribution < -0.4 is 23.7 Å². The fourth-order valence-corrected chi connectivity index (χ4v) is 4.70. The molecule has 0 radical (unpaired) electrons. The van der Waals surface area contributed by atoms with E-state index in [1.54, 1.807) is 36.4 Å². The molecule has 0 unspecified atom stereocenters. The Balaban J connectivity index is 1.82. The molecule has 4 aromatic rings. The fraction of sp³-hybridized carbons (Fsp3) is 0.292. The van der Waals surface area contributed by atoms with Crippen molar-refractivity contribution in [3.05, 3.63) is 54.5 Å². The van der Waals surface area contributed by atoms with Crippen molar-refractivity contribution in [3.8, 4) is 40.5 Å². The van der Waals surface area contributed by atoms with Crippen LogP contribution in [-0.4, -0.2) is 76.9 Å². The van der Waals surface area contributed by atoms with E-state index in [1.807, 2.05) is 0 Å². The van der Waals surface area contributed by atoms with Crippen molar-refractivity contribution in [2.45, 2.75) is 18.3 Å². The molecule has 39 heavy (non-hydrogen) atoms. The molecule has 0 aliphatic rings. The van der Waals surface area contributed by atoms with Gasteiger partial charge in [0.15, 0.2) is 5.82 Å². The molecule has 3 aromatic heterocycles. The number of pyridine rings is 1. The molecule has 2 atom stereocenters. The van der Waals surface area contributed by atoms with Gasteiger partial charge >= 0.3 is 0 Å². The van der Waals surface area contributed by atoms with E-state index >= 15 is 0 Å². The summed E-state index contributed by atoms with van der Waals surface area (Å²) in [4.78, 5) is 12.4. The summed E-state index contributed by atoms with van der Waals surface area (Å²) in [6.45, 7) is 1.33. The summed E-state index contributed by atoms with van der Waals surface area (Å²) in [6, 6.07) is 10.1. The SMILES string of the molecule is COc1cnc([C@H](O)[C@@H](C)S(=O)(=O)Nc2nnc(-c3cccc(OC)n3)n2-c2c(OC)cccc2OC)cn1.